The molecule has 0 bridgehead atoms. The van der Waals surface area contributed by atoms with Crippen LogP contribution in [0.15, 0.2) is 42.5 Å². The molecule has 0 unspecified atom stereocenters. The van der Waals surface area contributed by atoms with Crippen molar-refractivity contribution in [2.24, 2.45) is 7.05 Å². The van der Waals surface area contributed by atoms with Crippen LogP contribution >= 0.6 is 23.2 Å². The second-order valence-corrected chi connectivity index (χ2v) is 5.99. The van der Waals surface area contributed by atoms with Crippen LogP contribution in [0.2, 0.25) is 10.0 Å². The first-order chi connectivity index (χ1) is 11.6. The molecule has 0 atom stereocenters. The third-order valence-corrected chi connectivity index (χ3v) is 3.99. The van der Waals surface area contributed by atoms with E-state index in [-0.39, 0.29) is 0 Å². The summed E-state index contributed by atoms with van der Waals surface area (Å²) in [6.45, 7) is 1.01. The molecule has 0 aliphatic carbocycles. The SMILES string of the molecule is Cn1nnnc1NCc1ccc(OCc2ccc(Cl)cc2Cl)cc1. The highest BCUT2D eigenvalue weighted by Gasteiger charge is 2.04. The average Bonchev–Trinajstić information content (AvgIpc) is 2.98. The van der Waals surface area contributed by atoms with E-state index in [1.54, 1.807) is 23.9 Å². The number of nitrogens with one attached hydrogen (secondary N) is 1. The Morgan fingerprint density at radius 3 is 2.58 bits per heavy atom. The van der Waals surface area contributed by atoms with Gasteiger partial charge in [0.15, 0.2) is 0 Å². The maximum atomic E-state index is 6.13. The van der Waals surface area contributed by atoms with E-state index < -0.39 is 0 Å². The molecule has 124 valence electrons. The normalized spacial score (nSPS) is 10.6. The largest absolute Gasteiger partial charge is 0.489 e. The molecule has 0 amide bonds. The predicted octanol–water partition coefficient (Wildman–Crippen LogP) is 3.71. The van der Waals surface area contributed by atoms with E-state index in [1.165, 1.54) is 0 Å². The van der Waals surface area contributed by atoms with E-state index in [0.29, 0.717) is 29.1 Å². The summed E-state index contributed by atoms with van der Waals surface area (Å²) in [5, 5.41) is 15.6. The molecule has 0 saturated carbocycles. The molecule has 0 spiro atoms. The van der Waals surface area contributed by atoms with Gasteiger partial charge in [0.05, 0.1) is 0 Å². The molecular weight excluding hydrogens is 349 g/mol. The van der Waals surface area contributed by atoms with Crippen LogP contribution in [0.5, 0.6) is 5.75 Å². The molecular formula is C16H15Cl2N5O. The molecule has 8 heteroatoms. The number of aromatic nitrogens is 4. The molecule has 2 aromatic carbocycles. The molecule has 24 heavy (non-hydrogen) atoms. The summed E-state index contributed by atoms with van der Waals surface area (Å²) in [7, 11) is 1.78. The van der Waals surface area contributed by atoms with Crippen molar-refractivity contribution in [2.45, 2.75) is 13.2 Å². The molecule has 0 saturated heterocycles. The van der Waals surface area contributed by atoms with Crippen molar-refractivity contribution < 1.29 is 4.74 Å². The lowest BCUT2D eigenvalue weighted by Gasteiger charge is -2.09. The fourth-order valence-electron chi connectivity index (χ4n) is 2.06. The third-order valence-electron chi connectivity index (χ3n) is 3.40. The lowest BCUT2D eigenvalue weighted by Crippen LogP contribution is -2.05. The second-order valence-electron chi connectivity index (χ2n) is 5.15. The Morgan fingerprint density at radius 1 is 1.12 bits per heavy atom. The summed E-state index contributed by atoms with van der Waals surface area (Å²) < 4.78 is 7.33. The van der Waals surface area contributed by atoms with Crippen LogP contribution in [0, 0.1) is 0 Å². The van der Waals surface area contributed by atoms with E-state index in [0.717, 1.165) is 16.9 Å². The lowest BCUT2D eigenvalue weighted by molar-refractivity contribution is 0.306. The lowest BCUT2D eigenvalue weighted by atomic mass is 10.2. The van der Waals surface area contributed by atoms with Gasteiger partial charge in [0.1, 0.15) is 12.4 Å². The van der Waals surface area contributed by atoms with Crippen molar-refractivity contribution in [3.63, 3.8) is 0 Å². The quantitative estimate of drug-likeness (QED) is 0.722. The number of anilines is 1. The number of halogens is 2. The van der Waals surface area contributed by atoms with Gasteiger partial charge in [-0.2, -0.15) is 0 Å². The molecule has 6 nitrogen and oxygen atoms in total. The summed E-state index contributed by atoms with van der Waals surface area (Å²) in [4.78, 5) is 0. The van der Waals surface area contributed by atoms with E-state index >= 15 is 0 Å². The molecule has 3 rings (SSSR count). The van der Waals surface area contributed by atoms with Gasteiger partial charge in [0.2, 0.25) is 5.95 Å². The van der Waals surface area contributed by atoms with Crippen LogP contribution in [0.1, 0.15) is 11.1 Å². The van der Waals surface area contributed by atoms with Gasteiger partial charge >= 0.3 is 0 Å². The fraction of sp³-hybridized carbons (Fsp3) is 0.188. The minimum atomic E-state index is 0.387. The van der Waals surface area contributed by atoms with Crippen molar-refractivity contribution in [3.05, 3.63) is 63.6 Å². The summed E-state index contributed by atoms with van der Waals surface area (Å²) in [5.41, 5.74) is 1.98. The van der Waals surface area contributed by atoms with Crippen LogP contribution in [0.4, 0.5) is 5.95 Å². The Kier molecular flexibility index (Phi) is 5.17. The van der Waals surface area contributed by atoms with Crippen molar-refractivity contribution in [1.82, 2.24) is 20.2 Å². The van der Waals surface area contributed by atoms with Crippen LogP contribution in [0.3, 0.4) is 0 Å². The fourth-order valence-corrected chi connectivity index (χ4v) is 2.53. The standard InChI is InChI=1S/C16H15Cl2N5O/c1-23-16(20-21-22-23)19-9-11-2-6-14(7-3-11)24-10-12-4-5-13(17)8-15(12)18/h2-8H,9-10H2,1H3,(H,19,20,22). The number of benzene rings is 2. The van der Waals surface area contributed by atoms with Gasteiger partial charge in [0, 0.05) is 29.2 Å². The molecule has 0 aliphatic heterocycles. The molecule has 1 aromatic heterocycles. The van der Waals surface area contributed by atoms with E-state index in [9.17, 15) is 0 Å². The maximum absolute atomic E-state index is 6.13. The third kappa shape index (κ3) is 4.15. The minimum absolute atomic E-state index is 0.387. The molecule has 1 N–H and O–H groups in total. The highest BCUT2D eigenvalue weighted by atomic mass is 35.5. The Morgan fingerprint density at radius 2 is 1.92 bits per heavy atom. The number of hydrogen-bond acceptors (Lipinski definition) is 5. The second kappa shape index (κ2) is 7.51. The molecule has 0 aliphatic rings. The van der Waals surface area contributed by atoms with Crippen molar-refractivity contribution in [1.29, 1.82) is 0 Å². The van der Waals surface area contributed by atoms with Gasteiger partial charge in [-0.05, 0) is 40.3 Å². The highest BCUT2D eigenvalue weighted by Crippen LogP contribution is 2.23. The number of ether oxygens (including phenoxy) is 1. The molecule has 0 radical (unpaired) electrons. The highest BCUT2D eigenvalue weighted by molar-refractivity contribution is 6.35. The minimum Gasteiger partial charge on any atom is -0.489 e. The average molecular weight is 364 g/mol. The Labute approximate surface area is 149 Å². The van der Waals surface area contributed by atoms with Gasteiger partial charge in [-0.1, -0.05) is 46.5 Å². The first-order valence-electron chi connectivity index (χ1n) is 7.24. The van der Waals surface area contributed by atoms with Crippen LogP contribution in [-0.2, 0) is 20.2 Å². The van der Waals surface area contributed by atoms with Crippen molar-refractivity contribution >= 4 is 29.2 Å². The van der Waals surface area contributed by atoms with E-state index in [2.05, 4.69) is 20.8 Å². The Balaban J connectivity index is 1.55. The van der Waals surface area contributed by atoms with Gasteiger partial charge in [0.25, 0.3) is 0 Å². The zero-order chi connectivity index (χ0) is 16.9. The van der Waals surface area contributed by atoms with Gasteiger partial charge in [-0.3, -0.25) is 0 Å². The summed E-state index contributed by atoms with van der Waals surface area (Å²) in [5.74, 6) is 1.39. The number of tetrazole rings is 1. The molecule has 3 aromatic rings. The summed E-state index contributed by atoms with van der Waals surface area (Å²) in [6, 6.07) is 13.1. The molecule has 0 fully saturated rings. The zero-order valence-electron chi connectivity index (χ0n) is 12.9. The van der Waals surface area contributed by atoms with E-state index in [4.69, 9.17) is 27.9 Å². The number of nitrogens with zero attached hydrogens (tertiary/aromatic N) is 4. The van der Waals surface area contributed by atoms with Crippen molar-refractivity contribution in [3.8, 4) is 5.75 Å². The monoisotopic (exact) mass is 363 g/mol. The topological polar surface area (TPSA) is 64.9 Å². The van der Waals surface area contributed by atoms with Gasteiger partial charge in [-0.15, -0.1) is 0 Å². The van der Waals surface area contributed by atoms with Gasteiger partial charge in [-0.25, -0.2) is 4.68 Å². The number of aryl methyl sites for hydroxylation is 1. The summed E-state index contributed by atoms with van der Waals surface area (Å²) >= 11 is 12.0. The van der Waals surface area contributed by atoms with Crippen molar-refractivity contribution in [2.75, 3.05) is 5.32 Å². The van der Waals surface area contributed by atoms with Gasteiger partial charge < -0.3 is 10.1 Å². The first-order valence-corrected chi connectivity index (χ1v) is 7.99. The summed E-state index contributed by atoms with van der Waals surface area (Å²) in [6.07, 6.45) is 0. The number of rotatable bonds is 6. The number of hydrogen-bond donors (Lipinski definition) is 1. The molecule has 1 heterocycles. The maximum Gasteiger partial charge on any atom is 0.242 e. The first kappa shape index (κ1) is 16.5. The van der Waals surface area contributed by atoms with Crippen LogP contribution in [0.25, 0.3) is 0 Å². The Bertz CT molecular complexity index is 820. The predicted molar refractivity (Wildman–Crippen MR) is 93.4 cm³/mol. The Hall–Kier alpha value is -2.31. The zero-order valence-corrected chi connectivity index (χ0v) is 14.4. The van der Waals surface area contributed by atoms with E-state index in [1.807, 2.05) is 30.3 Å². The van der Waals surface area contributed by atoms with Crippen LogP contribution < -0.4 is 10.1 Å². The van der Waals surface area contributed by atoms with Crippen LogP contribution in [-0.4, -0.2) is 20.2 Å². The smallest absolute Gasteiger partial charge is 0.242 e.